The highest BCUT2D eigenvalue weighted by Crippen LogP contribution is 2.28. The highest BCUT2D eigenvalue weighted by atomic mass is 19.1. The molecule has 0 aromatic heterocycles. The van der Waals surface area contributed by atoms with Crippen LogP contribution in [0.3, 0.4) is 0 Å². The zero-order valence-corrected chi connectivity index (χ0v) is 11.0. The van der Waals surface area contributed by atoms with Crippen molar-refractivity contribution in [2.75, 3.05) is 6.54 Å². The predicted molar refractivity (Wildman–Crippen MR) is 70.9 cm³/mol. The molecule has 3 heteroatoms. The summed E-state index contributed by atoms with van der Waals surface area (Å²) in [6.07, 6.45) is 5.61. The Hall–Kier alpha value is -0.930. The number of halogens is 1. The molecule has 18 heavy (non-hydrogen) atoms. The standard InChI is InChI=1S/C15H22FNO/c1-15(9-3-2-4-10-15)17-11-14(18)12-5-7-13(16)8-6-12/h5-8,14,17-18H,2-4,9-11H2,1H3. The summed E-state index contributed by atoms with van der Waals surface area (Å²) in [7, 11) is 0. The molecule has 1 aromatic carbocycles. The molecule has 1 unspecified atom stereocenters. The molecule has 2 rings (SSSR count). The van der Waals surface area contributed by atoms with Crippen LogP contribution in [0.4, 0.5) is 4.39 Å². The molecule has 0 saturated heterocycles. The van der Waals surface area contributed by atoms with E-state index < -0.39 is 6.10 Å². The molecule has 0 amide bonds. The van der Waals surface area contributed by atoms with Gasteiger partial charge in [-0.05, 0) is 37.5 Å². The van der Waals surface area contributed by atoms with Crippen molar-refractivity contribution < 1.29 is 9.50 Å². The number of aliphatic hydroxyl groups excluding tert-OH is 1. The lowest BCUT2D eigenvalue weighted by Gasteiger charge is -2.35. The molecule has 2 N–H and O–H groups in total. The molecule has 1 aromatic rings. The molecule has 1 aliphatic rings. The van der Waals surface area contributed by atoms with Gasteiger partial charge in [-0.1, -0.05) is 31.4 Å². The van der Waals surface area contributed by atoms with Gasteiger partial charge in [0.15, 0.2) is 0 Å². The summed E-state index contributed by atoms with van der Waals surface area (Å²) < 4.78 is 12.8. The van der Waals surface area contributed by atoms with E-state index in [0.717, 1.165) is 5.56 Å². The van der Waals surface area contributed by atoms with Crippen LogP contribution in [0.1, 0.15) is 50.7 Å². The minimum absolute atomic E-state index is 0.152. The summed E-state index contributed by atoms with van der Waals surface area (Å²) in [5.41, 5.74) is 0.919. The van der Waals surface area contributed by atoms with Gasteiger partial charge >= 0.3 is 0 Å². The maximum Gasteiger partial charge on any atom is 0.123 e. The fourth-order valence-electron chi connectivity index (χ4n) is 2.65. The minimum Gasteiger partial charge on any atom is -0.387 e. The van der Waals surface area contributed by atoms with Crippen molar-refractivity contribution in [1.82, 2.24) is 5.32 Å². The van der Waals surface area contributed by atoms with Crippen molar-refractivity contribution in [2.24, 2.45) is 0 Å². The van der Waals surface area contributed by atoms with Crippen LogP contribution < -0.4 is 5.32 Å². The number of hydrogen-bond donors (Lipinski definition) is 2. The van der Waals surface area contributed by atoms with Crippen LogP contribution in [0.2, 0.25) is 0 Å². The fourth-order valence-corrected chi connectivity index (χ4v) is 2.65. The first-order valence-corrected chi connectivity index (χ1v) is 6.78. The highest BCUT2D eigenvalue weighted by Gasteiger charge is 2.26. The number of benzene rings is 1. The van der Waals surface area contributed by atoms with Crippen molar-refractivity contribution >= 4 is 0 Å². The van der Waals surface area contributed by atoms with Gasteiger partial charge in [0.25, 0.3) is 0 Å². The molecule has 0 aliphatic heterocycles. The lowest BCUT2D eigenvalue weighted by atomic mass is 9.83. The third-order valence-electron chi connectivity index (χ3n) is 3.93. The monoisotopic (exact) mass is 251 g/mol. The molecule has 0 bridgehead atoms. The van der Waals surface area contributed by atoms with Gasteiger partial charge in [-0.2, -0.15) is 0 Å². The Morgan fingerprint density at radius 1 is 1.22 bits per heavy atom. The molecule has 0 heterocycles. The van der Waals surface area contributed by atoms with E-state index in [4.69, 9.17) is 0 Å². The highest BCUT2D eigenvalue weighted by molar-refractivity contribution is 5.18. The molecule has 0 radical (unpaired) electrons. The number of rotatable bonds is 4. The maximum absolute atomic E-state index is 12.8. The number of nitrogens with one attached hydrogen (secondary N) is 1. The van der Waals surface area contributed by atoms with Gasteiger partial charge in [0.2, 0.25) is 0 Å². The van der Waals surface area contributed by atoms with E-state index in [-0.39, 0.29) is 11.4 Å². The first kappa shape index (κ1) is 13.5. The second kappa shape index (κ2) is 5.81. The van der Waals surface area contributed by atoms with E-state index in [2.05, 4.69) is 12.2 Å². The molecular weight excluding hydrogens is 229 g/mol. The van der Waals surface area contributed by atoms with Crippen molar-refractivity contribution in [1.29, 1.82) is 0 Å². The van der Waals surface area contributed by atoms with E-state index >= 15 is 0 Å². The van der Waals surface area contributed by atoms with Gasteiger partial charge in [-0.3, -0.25) is 0 Å². The number of hydrogen-bond acceptors (Lipinski definition) is 2. The summed E-state index contributed by atoms with van der Waals surface area (Å²) in [6, 6.07) is 6.07. The summed E-state index contributed by atoms with van der Waals surface area (Å²) in [5, 5.41) is 13.5. The molecule has 2 nitrogen and oxygen atoms in total. The van der Waals surface area contributed by atoms with Crippen LogP contribution in [-0.2, 0) is 0 Å². The van der Waals surface area contributed by atoms with Crippen molar-refractivity contribution in [3.05, 3.63) is 35.6 Å². The second-order valence-corrected chi connectivity index (χ2v) is 5.57. The molecule has 1 aliphatic carbocycles. The number of aliphatic hydroxyl groups is 1. The second-order valence-electron chi connectivity index (χ2n) is 5.57. The average molecular weight is 251 g/mol. The van der Waals surface area contributed by atoms with E-state index in [1.165, 1.54) is 44.2 Å². The van der Waals surface area contributed by atoms with Crippen LogP contribution in [-0.4, -0.2) is 17.2 Å². The number of β-amino-alcohol motifs (C(OH)–C–C–N with tert-alkyl or cyclic N) is 1. The van der Waals surface area contributed by atoms with Crippen LogP contribution >= 0.6 is 0 Å². The average Bonchev–Trinajstić information content (AvgIpc) is 2.38. The molecule has 1 atom stereocenters. The Morgan fingerprint density at radius 3 is 2.44 bits per heavy atom. The Kier molecular flexibility index (Phi) is 4.36. The topological polar surface area (TPSA) is 32.3 Å². The molecular formula is C15H22FNO. The summed E-state index contributed by atoms with van der Waals surface area (Å²) in [6.45, 7) is 2.76. The van der Waals surface area contributed by atoms with E-state index in [1.54, 1.807) is 12.1 Å². The molecule has 1 saturated carbocycles. The van der Waals surface area contributed by atoms with Gasteiger partial charge in [-0.15, -0.1) is 0 Å². The Morgan fingerprint density at radius 2 is 1.83 bits per heavy atom. The Bertz CT molecular complexity index is 371. The maximum atomic E-state index is 12.8. The van der Waals surface area contributed by atoms with Crippen molar-refractivity contribution in [2.45, 2.75) is 50.7 Å². The third-order valence-corrected chi connectivity index (χ3v) is 3.93. The molecule has 1 fully saturated rings. The van der Waals surface area contributed by atoms with Crippen molar-refractivity contribution in [3.63, 3.8) is 0 Å². The van der Waals surface area contributed by atoms with Crippen LogP contribution in [0.5, 0.6) is 0 Å². The predicted octanol–water partition coefficient (Wildman–Crippen LogP) is 3.17. The van der Waals surface area contributed by atoms with Crippen LogP contribution in [0, 0.1) is 5.82 Å². The largest absolute Gasteiger partial charge is 0.387 e. The van der Waals surface area contributed by atoms with E-state index in [9.17, 15) is 9.50 Å². The van der Waals surface area contributed by atoms with E-state index in [0.29, 0.717) is 6.54 Å². The van der Waals surface area contributed by atoms with Gasteiger partial charge in [0.1, 0.15) is 5.82 Å². The van der Waals surface area contributed by atoms with Gasteiger partial charge < -0.3 is 10.4 Å². The lowest BCUT2D eigenvalue weighted by Crippen LogP contribution is -2.45. The van der Waals surface area contributed by atoms with Crippen molar-refractivity contribution in [3.8, 4) is 0 Å². The molecule has 100 valence electrons. The minimum atomic E-state index is -0.565. The van der Waals surface area contributed by atoms with Gasteiger partial charge in [-0.25, -0.2) is 4.39 Å². The molecule has 0 spiro atoms. The summed E-state index contributed by atoms with van der Waals surface area (Å²) >= 11 is 0. The first-order chi connectivity index (χ1) is 8.59. The quantitative estimate of drug-likeness (QED) is 0.861. The third kappa shape index (κ3) is 3.53. The van der Waals surface area contributed by atoms with Gasteiger partial charge in [0.05, 0.1) is 6.10 Å². The van der Waals surface area contributed by atoms with Gasteiger partial charge in [0, 0.05) is 12.1 Å². The van der Waals surface area contributed by atoms with E-state index in [1.807, 2.05) is 0 Å². The fraction of sp³-hybridized carbons (Fsp3) is 0.600. The van der Waals surface area contributed by atoms with Crippen LogP contribution in [0.15, 0.2) is 24.3 Å². The normalized spacial score (nSPS) is 20.6. The zero-order chi connectivity index (χ0) is 13.0. The SMILES string of the molecule is CC1(NCC(O)c2ccc(F)cc2)CCCCC1. The zero-order valence-electron chi connectivity index (χ0n) is 11.0. The first-order valence-electron chi connectivity index (χ1n) is 6.78. The summed E-state index contributed by atoms with van der Waals surface area (Å²) in [5.74, 6) is -0.266. The Balaban J connectivity index is 1.87. The smallest absolute Gasteiger partial charge is 0.123 e. The van der Waals surface area contributed by atoms with Crippen LogP contribution in [0.25, 0.3) is 0 Å². The summed E-state index contributed by atoms with van der Waals surface area (Å²) in [4.78, 5) is 0. The lowest BCUT2D eigenvalue weighted by molar-refractivity contribution is 0.146. The Labute approximate surface area is 108 Å².